The van der Waals surface area contributed by atoms with Gasteiger partial charge in [0.25, 0.3) is 5.91 Å². The van der Waals surface area contributed by atoms with E-state index in [9.17, 15) is 94.4 Å². The maximum absolute atomic E-state index is 13.9. The number of hydrogen-bond donors (Lipinski definition) is 14. The monoisotopic (exact) mass is 1080 g/mol. The number of halogens is 6. The van der Waals surface area contributed by atoms with Crippen LogP contribution in [0.1, 0.15) is 67.2 Å². The van der Waals surface area contributed by atoms with E-state index in [0.29, 0.717) is 0 Å². The van der Waals surface area contributed by atoms with E-state index in [0.717, 1.165) is 0 Å². The number of alkyl halides is 6. The zero-order valence-electron chi connectivity index (χ0n) is 40.8. The van der Waals surface area contributed by atoms with Gasteiger partial charge in [0.05, 0.1) is 19.3 Å². The average Bonchev–Trinajstić information content (AvgIpc) is 3.29. The molecule has 0 rings (SSSR count). The standard InChI is InChI=1S/C40H64F6N12O16/c1-7-17(6)24(58-30(64)18(9-8-10-51-38(49)50)53-31(65)19(11-15(2)3)54-32(66)23(47)26(61)16(4)5)33(67)55-20(13-59)29(63)52-12-22(60)57-25(27(28(48)62)74-37(72)40(44,45)46)34(68)56-21(35(69)70)14-73-36(71)39(41,42)43/h15-21,23-27,59,61H,7-14,47H2,1-6H3,(H2,48,62)(H,52,63)(H,53,65)(H,54,66)(H,55,67)(H,56,68)(H,57,60)(H,58,64)(H,69,70)(H4,49,50,51)/t17-,18+,19-,20-,21-,23-,24-,25-,26+,27-/m0/s1. The summed E-state index contributed by atoms with van der Waals surface area (Å²) in [7, 11) is 0. The van der Waals surface area contributed by atoms with Crippen LogP contribution < -0.4 is 60.2 Å². The van der Waals surface area contributed by atoms with Crippen molar-refractivity contribution >= 4 is 71.1 Å². The van der Waals surface area contributed by atoms with E-state index in [-0.39, 0.29) is 44.1 Å². The molecule has 74 heavy (non-hydrogen) atoms. The van der Waals surface area contributed by atoms with Crippen molar-refractivity contribution in [3.05, 3.63) is 0 Å². The lowest BCUT2D eigenvalue weighted by atomic mass is 9.96. The zero-order valence-corrected chi connectivity index (χ0v) is 40.8. The highest BCUT2D eigenvalue weighted by atomic mass is 19.4. The van der Waals surface area contributed by atoms with Crippen LogP contribution in [0.3, 0.4) is 0 Å². The second kappa shape index (κ2) is 30.8. The van der Waals surface area contributed by atoms with Gasteiger partial charge in [-0.25, -0.2) is 14.4 Å². The van der Waals surface area contributed by atoms with E-state index in [2.05, 4.69) is 35.7 Å². The van der Waals surface area contributed by atoms with Gasteiger partial charge in [-0.1, -0.05) is 48.0 Å². The Hall–Kier alpha value is -7.10. The number of nitrogens with two attached hydrogens (primary N) is 4. The van der Waals surface area contributed by atoms with Crippen molar-refractivity contribution in [2.24, 2.45) is 45.7 Å². The van der Waals surface area contributed by atoms with E-state index >= 15 is 0 Å². The Morgan fingerprint density at radius 3 is 1.65 bits per heavy atom. The number of esters is 2. The van der Waals surface area contributed by atoms with Crippen LogP contribution in [0.5, 0.6) is 0 Å². The predicted octanol–water partition coefficient (Wildman–Crippen LogP) is -5.36. The Kier molecular flexibility index (Phi) is 27.9. The minimum absolute atomic E-state index is 0.0276. The molecule has 0 aromatic heterocycles. The fraction of sp³-hybridized carbons (Fsp3) is 0.700. The first-order valence-corrected chi connectivity index (χ1v) is 22.2. The molecule has 0 bridgehead atoms. The number of primary amides is 1. The molecule has 0 unspecified atom stereocenters. The summed E-state index contributed by atoms with van der Waals surface area (Å²) < 4.78 is 84.8. The zero-order chi connectivity index (χ0) is 57.6. The van der Waals surface area contributed by atoms with Crippen LogP contribution in [0.4, 0.5) is 26.3 Å². The van der Waals surface area contributed by atoms with E-state index in [1.165, 1.54) is 17.6 Å². The Bertz CT molecular complexity index is 2030. The number of carbonyl (C=O) groups is 11. The van der Waals surface area contributed by atoms with Gasteiger partial charge in [-0.2, -0.15) is 26.3 Å². The van der Waals surface area contributed by atoms with Gasteiger partial charge in [0.1, 0.15) is 36.8 Å². The molecule has 0 radical (unpaired) electrons. The lowest BCUT2D eigenvalue weighted by molar-refractivity contribution is -0.206. The highest BCUT2D eigenvalue weighted by Crippen LogP contribution is 2.20. The number of carbonyl (C=O) groups excluding carboxylic acids is 10. The molecule has 0 aliphatic rings. The molecule has 0 spiro atoms. The second-order valence-corrected chi connectivity index (χ2v) is 17.1. The van der Waals surface area contributed by atoms with Crippen molar-refractivity contribution in [2.45, 2.75) is 134 Å². The Labute approximate surface area is 417 Å². The maximum Gasteiger partial charge on any atom is 0.490 e. The first-order valence-electron chi connectivity index (χ1n) is 22.2. The number of nitrogens with one attached hydrogen (secondary N) is 7. The van der Waals surface area contributed by atoms with Crippen LogP contribution in [0.25, 0.3) is 0 Å². The van der Waals surface area contributed by atoms with Gasteiger partial charge in [0, 0.05) is 6.54 Å². The smallest absolute Gasteiger partial charge is 0.480 e. The minimum Gasteiger partial charge on any atom is -0.480 e. The maximum atomic E-state index is 13.9. The number of carboxylic acids is 1. The number of aliphatic carboxylic acids is 1. The molecule has 18 N–H and O–H groups in total. The van der Waals surface area contributed by atoms with Gasteiger partial charge in [-0.3, -0.25) is 43.3 Å². The summed E-state index contributed by atoms with van der Waals surface area (Å²) >= 11 is 0. The summed E-state index contributed by atoms with van der Waals surface area (Å²) in [5, 5.41) is 44.1. The number of hydrogen-bond acceptors (Lipinski definition) is 17. The lowest BCUT2D eigenvalue weighted by Gasteiger charge is -2.29. The fourth-order valence-corrected chi connectivity index (χ4v) is 5.94. The van der Waals surface area contributed by atoms with Crippen molar-refractivity contribution in [3.8, 4) is 0 Å². The number of amides is 8. The number of carboxylic acid groups (broad SMARTS) is 1. The third-order valence-corrected chi connectivity index (χ3v) is 10.2. The number of aliphatic imine (C=N–C) groups is 1. The molecule has 0 aliphatic carbocycles. The topological polar surface area (TPSA) is 468 Å². The summed E-state index contributed by atoms with van der Waals surface area (Å²) in [4.78, 5) is 144. The number of rotatable bonds is 31. The van der Waals surface area contributed by atoms with Crippen LogP contribution in [-0.4, -0.2) is 180 Å². The van der Waals surface area contributed by atoms with Gasteiger partial charge < -0.3 is 84.9 Å². The van der Waals surface area contributed by atoms with E-state index in [4.69, 9.17) is 22.9 Å². The number of ether oxygens (including phenoxy) is 2. The third kappa shape index (κ3) is 23.6. The van der Waals surface area contributed by atoms with Crippen LogP contribution in [-0.2, 0) is 62.2 Å². The molecule has 10 atom stereocenters. The number of aliphatic hydroxyl groups excluding tert-OH is 2. The van der Waals surface area contributed by atoms with Gasteiger partial charge >= 0.3 is 30.3 Å². The first kappa shape index (κ1) is 66.9. The summed E-state index contributed by atoms with van der Waals surface area (Å²) in [5.74, 6) is -21.4. The quantitative estimate of drug-likeness (QED) is 0.0101. The number of guanidine groups is 1. The summed E-state index contributed by atoms with van der Waals surface area (Å²) in [6.07, 6.45) is -16.0. The van der Waals surface area contributed by atoms with Gasteiger partial charge in [-0.15, -0.1) is 0 Å². The highest BCUT2D eigenvalue weighted by Gasteiger charge is 2.47. The molecular weight excluding hydrogens is 1020 g/mol. The van der Waals surface area contributed by atoms with Crippen molar-refractivity contribution in [1.82, 2.24) is 37.2 Å². The van der Waals surface area contributed by atoms with E-state index < -0.39 is 164 Å². The van der Waals surface area contributed by atoms with E-state index in [1.807, 2.05) is 5.32 Å². The van der Waals surface area contributed by atoms with Crippen molar-refractivity contribution in [3.63, 3.8) is 0 Å². The molecule has 0 fully saturated rings. The number of nitrogens with zero attached hydrogens (tertiary/aromatic N) is 1. The summed E-state index contributed by atoms with van der Waals surface area (Å²) in [6, 6.07) is -13.4. The van der Waals surface area contributed by atoms with Crippen LogP contribution in [0.2, 0.25) is 0 Å². The molecule has 8 amide bonds. The number of aliphatic hydroxyl groups is 2. The van der Waals surface area contributed by atoms with Gasteiger partial charge in [-0.05, 0) is 37.0 Å². The fourth-order valence-electron chi connectivity index (χ4n) is 5.94. The molecule has 0 heterocycles. The lowest BCUT2D eigenvalue weighted by Crippen LogP contribution is -2.62. The van der Waals surface area contributed by atoms with E-state index in [1.54, 1.807) is 34.6 Å². The minimum atomic E-state index is -5.90. The molecule has 0 aliphatic heterocycles. The predicted molar refractivity (Wildman–Crippen MR) is 239 cm³/mol. The Balaban J connectivity index is 6.58. The highest BCUT2D eigenvalue weighted by molar-refractivity contribution is 5.99. The van der Waals surface area contributed by atoms with Crippen LogP contribution >= 0.6 is 0 Å². The molecule has 0 saturated heterocycles. The SMILES string of the molecule is CC[C@H](C)[C@H](NC(=O)[C@@H](CCCN=C(N)N)NC(=O)[C@H](CC(C)C)NC(=O)[C@@H](N)[C@H](O)C(C)C)C(=O)N[C@@H](CO)C(=O)NCC(=O)N[C@H](C(=O)N[C@@H](COC(=O)C(F)(F)F)C(=O)O)[C@H](OC(=O)C(F)(F)F)C(N)=O. The van der Waals surface area contributed by atoms with Crippen molar-refractivity contribution in [1.29, 1.82) is 0 Å². The van der Waals surface area contributed by atoms with Crippen LogP contribution in [0.15, 0.2) is 4.99 Å². The van der Waals surface area contributed by atoms with Crippen molar-refractivity contribution in [2.75, 3.05) is 26.3 Å². The molecule has 0 aromatic carbocycles. The van der Waals surface area contributed by atoms with Gasteiger partial charge in [0.15, 0.2) is 18.0 Å². The van der Waals surface area contributed by atoms with Crippen molar-refractivity contribution < 1.29 is 104 Å². The molecule has 0 aromatic rings. The Morgan fingerprint density at radius 2 is 1.18 bits per heavy atom. The molecular formula is C40H64F6N12O16. The summed E-state index contributed by atoms with van der Waals surface area (Å²) in [6.45, 7) is 5.24. The second-order valence-electron chi connectivity index (χ2n) is 17.1. The molecule has 34 heteroatoms. The largest absolute Gasteiger partial charge is 0.490 e. The molecule has 422 valence electrons. The summed E-state index contributed by atoms with van der Waals surface area (Å²) in [5.41, 5.74) is 21.7. The first-order chi connectivity index (χ1) is 34.0. The van der Waals surface area contributed by atoms with Gasteiger partial charge in [0.2, 0.25) is 47.5 Å². The molecule has 0 saturated carbocycles. The average molecular weight is 1080 g/mol. The van der Waals surface area contributed by atoms with Crippen LogP contribution in [0, 0.1) is 17.8 Å². The Morgan fingerprint density at radius 1 is 0.662 bits per heavy atom. The molecule has 28 nitrogen and oxygen atoms in total. The third-order valence-electron chi connectivity index (χ3n) is 10.2. The normalized spacial score (nSPS) is 15.6.